The van der Waals surface area contributed by atoms with Crippen LogP contribution in [0.5, 0.6) is 5.75 Å². The fourth-order valence-electron chi connectivity index (χ4n) is 3.24. The Morgan fingerprint density at radius 2 is 1.76 bits per heavy atom. The van der Waals surface area contributed by atoms with Crippen LogP contribution in [0.4, 0.5) is 0 Å². The molecule has 1 saturated heterocycles. The second kappa shape index (κ2) is 10.4. The van der Waals surface area contributed by atoms with Crippen LogP contribution in [-0.2, 0) is 11.2 Å². The molecular formula is C21H34N2O2. The lowest BCUT2D eigenvalue weighted by Gasteiger charge is -2.35. The van der Waals surface area contributed by atoms with E-state index in [9.17, 15) is 4.79 Å². The number of amides is 1. The average molecular weight is 347 g/mol. The van der Waals surface area contributed by atoms with E-state index in [1.54, 1.807) is 0 Å². The zero-order chi connectivity index (χ0) is 18.1. The number of aryl methyl sites for hydroxylation is 1. The van der Waals surface area contributed by atoms with Crippen molar-refractivity contribution < 1.29 is 9.53 Å². The summed E-state index contributed by atoms with van der Waals surface area (Å²) in [4.78, 5) is 16.8. The van der Waals surface area contributed by atoms with Gasteiger partial charge < -0.3 is 9.64 Å². The van der Waals surface area contributed by atoms with Gasteiger partial charge in [-0.1, -0.05) is 32.9 Å². The summed E-state index contributed by atoms with van der Waals surface area (Å²) in [7, 11) is 0. The van der Waals surface area contributed by atoms with Crippen LogP contribution in [-0.4, -0.2) is 55.0 Å². The number of unbranched alkanes of at least 4 members (excludes halogenated alkanes) is 1. The molecule has 1 fully saturated rings. The molecule has 1 aliphatic heterocycles. The highest BCUT2D eigenvalue weighted by atomic mass is 16.5. The summed E-state index contributed by atoms with van der Waals surface area (Å²) in [6.07, 6.45) is 3.52. The molecule has 1 amide bonds. The van der Waals surface area contributed by atoms with Crippen molar-refractivity contribution >= 4 is 5.91 Å². The van der Waals surface area contributed by atoms with Gasteiger partial charge in [0.05, 0.1) is 6.61 Å². The van der Waals surface area contributed by atoms with Gasteiger partial charge >= 0.3 is 0 Å². The van der Waals surface area contributed by atoms with Crippen molar-refractivity contribution in [3.8, 4) is 5.75 Å². The second-order valence-corrected chi connectivity index (χ2v) is 7.38. The Morgan fingerprint density at radius 3 is 2.36 bits per heavy atom. The third-order valence-corrected chi connectivity index (χ3v) is 4.73. The number of carbonyl (C=O) groups excluding carboxylic acids is 1. The summed E-state index contributed by atoms with van der Waals surface area (Å²) < 4.78 is 5.75. The van der Waals surface area contributed by atoms with E-state index in [-0.39, 0.29) is 0 Å². The Morgan fingerprint density at radius 1 is 1.08 bits per heavy atom. The minimum Gasteiger partial charge on any atom is -0.494 e. The monoisotopic (exact) mass is 346 g/mol. The molecule has 0 spiro atoms. The van der Waals surface area contributed by atoms with Gasteiger partial charge in [-0.05, 0) is 42.9 Å². The molecule has 25 heavy (non-hydrogen) atoms. The molecule has 1 aromatic carbocycles. The predicted octanol–water partition coefficient (Wildman–Crippen LogP) is 3.60. The largest absolute Gasteiger partial charge is 0.494 e. The van der Waals surface area contributed by atoms with Crippen LogP contribution in [0.15, 0.2) is 24.3 Å². The Hall–Kier alpha value is -1.55. The summed E-state index contributed by atoms with van der Waals surface area (Å²) in [5.74, 6) is 1.92. The number of rotatable bonds is 9. The SMILES string of the molecule is CCc1ccc(OCCCCC(=O)N2CCN(CC(C)C)CC2)cc1. The highest BCUT2D eigenvalue weighted by Crippen LogP contribution is 2.13. The number of benzene rings is 1. The van der Waals surface area contributed by atoms with Crippen molar-refractivity contribution in [2.75, 3.05) is 39.3 Å². The first kappa shape index (κ1) is 19.8. The summed E-state index contributed by atoms with van der Waals surface area (Å²) in [6, 6.07) is 8.27. The molecule has 0 aromatic heterocycles. The number of piperazine rings is 1. The third kappa shape index (κ3) is 7.07. The van der Waals surface area contributed by atoms with E-state index in [2.05, 4.69) is 37.8 Å². The minimum absolute atomic E-state index is 0.302. The number of nitrogens with zero attached hydrogens (tertiary/aromatic N) is 2. The number of ether oxygens (including phenoxy) is 1. The van der Waals surface area contributed by atoms with Gasteiger partial charge in [0.2, 0.25) is 5.91 Å². The number of hydrogen-bond donors (Lipinski definition) is 0. The zero-order valence-electron chi connectivity index (χ0n) is 16.2. The average Bonchev–Trinajstić information content (AvgIpc) is 2.62. The van der Waals surface area contributed by atoms with Crippen LogP contribution in [0, 0.1) is 5.92 Å². The number of hydrogen-bond acceptors (Lipinski definition) is 3. The molecule has 0 N–H and O–H groups in total. The topological polar surface area (TPSA) is 32.8 Å². The van der Waals surface area contributed by atoms with Gasteiger partial charge in [-0.2, -0.15) is 0 Å². The highest BCUT2D eigenvalue weighted by Gasteiger charge is 2.20. The van der Waals surface area contributed by atoms with Gasteiger partial charge in [-0.3, -0.25) is 9.69 Å². The maximum absolute atomic E-state index is 12.3. The van der Waals surface area contributed by atoms with Crippen LogP contribution in [0.1, 0.15) is 45.6 Å². The summed E-state index contributed by atoms with van der Waals surface area (Å²) in [6.45, 7) is 12.3. The first-order valence-electron chi connectivity index (χ1n) is 9.80. The molecule has 0 aliphatic carbocycles. The molecular weight excluding hydrogens is 312 g/mol. The van der Waals surface area contributed by atoms with Crippen LogP contribution in [0.3, 0.4) is 0 Å². The van der Waals surface area contributed by atoms with E-state index in [1.165, 1.54) is 5.56 Å². The summed E-state index contributed by atoms with van der Waals surface area (Å²) in [5.41, 5.74) is 1.33. The maximum Gasteiger partial charge on any atom is 0.222 e. The molecule has 4 nitrogen and oxygen atoms in total. The molecule has 4 heteroatoms. The molecule has 1 heterocycles. The van der Waals surface area contributed by atoms with Gasteiger partial charge in [-0.25, -0.2) is 0 Å². The van der Waals surface area contributed by atoms with Gasteiger partial charge in [0.1, 0.15) is 5.75 Å². The smallest absolute Gasteiger partial charge is 0.222 e. The van der Waals surface area contributed by atoms with E-state index in [1.807, 2.05) is 17.0 Å². The molecule has 1 aromatic rings. The van der Waals surface area contributed by atoms with Crippen LogP contribution >= 0.6 is 0 Å². The Kier molecular flexibility index (Phi) is 8.26. The first-order valence-corrected chi connectivity index (χ1v) is 9.80. The van der Waals surface area contributed by atoms with Crippen molar-refractivity contribution in [2.45, 2.75) is 46.5 Å². The van der Waals surface area contributed by atoms with Crippen molar-refractivity contribution in [3.05, 3.63) is 29.8 Å². The lowest BCUT2D eigenvalue weighted by molar-refractivity contribution is -0.133. The fraction of sp³-hybridized carbons (Fsp3) is 0.667. The zero-order valence-corrected chi connectivity index (χ0v) is 16.2. The molecule has 0 radical (unpaired) electrons. The van der Waals surface area contributed by atoms with Crippen molar-refractivity contribution in [2.24, 2.45) is 5.92 Å². The van der Waals surface area contributed by atoms with E-state index in [4.69, 9.17) is 4.74 Å². The first-order chi connectivity index (χ1) is 12.1. The number of carbonyl (C=O) groups is 1. The van der Waals surface area contributed by atoms with Gasteiger partial charge in [0.25, 0.3) is 0 Å². The van der Waals surface area contributed by atoms with Crippen molar-refractivity contribution in [1.29, 1.82) is 0 Å². The quantitative estimate of drug-likeness (QED) is 0.641. The summed E-state index contributed by atoms with van der Waals surface area (Å²) in [5, 5.41) is 0. The van der Waals surface area contributed by atoms with Crippen LogP contribution in [0.25, 0.3) is 0 Å². The van der Waals surface area contributed by atoms with Gasteiger partial charge in [-0.15, -0.1) is 0 Å². The standard InChI is InChI=1S/C21H34N2O2/c1-4-19-8-10-20(11-9-19)25-16-6-5-7-21(24)23-14-12-22(13-15-23)17-18(2)3/h8-11,18H,4-7,12-17H2,1-3H3. The molecule has 0 bridgehead atoms. The van der Waals surface area contributed by atoms with Crippen LogP contribution < -0.4 is 4.74 Å². The highest BCUT2D eigenvalue weighted by molar-refractivity contribution is 5.76. The lowest BCUT2D eigenvalue weighted by atomic mass is 10.1. The molecule has 2 rings (SSSR count). The Bertz CT molecular complexity index is 505. The minimum atomic E-state index is 0.302. The van der Waals surface area contributed by atoms with Gasteiger partial charge in [0, 0.05) is 39.1 Å². The van der Waals surface area contributed by atoms with Crippen molar-refractivity contribution in [3.63, 3.8) is 0 Å². The van der Waals surface area contributed by atoms with E-state index >= 15 is 0 Å². The van der Waals surface area contributed by atoms with Crippen molar-refractivity contribution in [1.82, 2.24) is 9.80 Å². The summed E-state index contributed by atoms with van der Waals surface area (Å²) >= 11 is 0. The molecule has 140 valence electrons. The predicted molar refractivity (Wildman–Crippen MR) is 103 cm³/mol. The molecule has 1 aliphatic rings. The van der Waals surface area contributed by atoms with Gasteiger partial charge in [0.15, 0.2) is 0 Å². The Balaban J connectivity index is 1.56. The second-order valence-electron chi connectivity index (χ2n) is 7.38. The van der Waals surface area contributed by atoms with Crippen LogP contribution in [0.2, 0.25) is 0 Å². The van der Waals surface area contributed by atoms with E-state index in [0.29, 0.717) is 24.9 Å². The Labute approximate surface area is 153 Å². The third-order valence-electron chi connectivity index (χ3n) is 4.73. The fourth-order valence-corrected chi connectivity index (χ4v) is 3.24. The van der Waals surface area contributed by atoms with E-state index in [0.717, 1.165) is 57.7 Å². The molecule has 0 unspecified atom stereocenters. The maximum atomic E-state index is 12.3. The molecule has 0 atom stereocenters. The lowest BCUT2D eigenvalue weighted by Crippen LogP contribution is -2.49. The normalized spacial score (nSPS) is 15.6. The van der Waals surface area contributed by atoms with E-state index < -0.39 is 0 Å². The molecule has 0 saturated carbocycles.